The van der Waals surface area contributed by atoms with Crippen LogP contribution in [0.15, 0.2) is 30.5 Å². The number of nitrogen functional groups attached to an aromatic ring is 1. The molecule has 2 aromatic heterocycles. The number of rotatable bonds is 4. The molecular formula is C25H30F2N8. The van der Waals surface area contributed by atoms with Crippen molar-refractivity contribution in [1.29, 1.82) is 0 Å². The Balaban J connectivity index is 1.28. The van der Waals surface area contributed by atoms with E-state index in [0.29, 0.717) is 22.8 Å². The van der Waals surface area contributed by atoms with Gasteiger partial charge in [-0.1, -0.05) is 5.21 Å². The first kappa shape index (κ1) is 22.2. The third-order valence-corrected chi connectivity index (χ3v) is 7.74. The highest BCUT2D eigenvalue weighted by atomic mass is 19.3. The Bertz CT molecular complexity index is 1230. The summed E-state index contributed by atoms with van der Waals surface area (Å²) < 4.78 is 29.0. The SMILES string of the molecule is Cc1cc(-c2cn(-c3ccc(N)cc3N3CCC4(CC3)CC4)nn2)nc(N2CCC(F)(F)CC2)n1. The van der Waals surface area contributed by atoms with Crippen molar-refractivity contribution in [2.45, 2.75) is 51.4 Å². The van der Waals surface area contributed by atoms with Crippen LogP contribution in [-0.4, -0.2) is 57.1 Å². The molecule has 0 unspecified atom stereocenters. The zero-order valence-electron chi connectivity index (χ0n) is 19.9. The molecule has 8 nitrogen and oxygen atoms in total. The Hall–Kier alpha value is -3.30. The Morgan fingerprint density at radius 3 is 2.26 bits per heavy atom. The molecule has 10 heteroatoms. The standard InChI is InChI=1S/C25H30F2N8/c1-17-14-19(30-23(29-17)34-12-8-25(26,27)9-13-34)20-16-35(32-31-20)21-3-2-18(28)15-22(21)33-10-6-24(4-5-24)7-11-33/h2-3,14-16H,4-13,28H2,1H3. The molecule has 2 saturated heterocycles. The van der Waals surface area contributed by atoms with E-state index < -0.39 is 5.92 Å². The van der Waals surface area contributed by atoms with Crippen LogP contribution in [0.3, 0.4) is 0 Å². The maximum Gasteiger partial charge on any atom is 0.251 e. The molecule has 3 aromatic rings. The Labute approximate surface area is 203 Å². The van der Waals surface area contributed by atoms with Crippen LogP contribution in [0.4, 0.5) is 26.1 Å². The highest BCUT2D eigenvalue weighted by Gasteiger charge is 2.44. The first-order valence-electron chi connectivity index (χ1n) is 12.4. The summed E-state index contributed by atoms with van der Waals surface area (Å²) in [6, 6.07) is 7.72. The number of benzene rings is 1. The smallest absolute Gasteiger partial charge is 0.251 e. The predicted octanol–water partition coefficient (Wildman–Crippen LogP) is 4.23. The van der Waals surface area contributed by atoms with E-state index in [0.717, 1.165) is 35.8 Å². The molecular weight excluding hydrogens is 450 g/mol. The van der Waals surface area contributed by atoms with Gasteiger partial charge in [0.25, 0.3) is 5.92 Å². The maximum absolute atomic E-state index is 13.6. The number of nitrogens with two attached hydrogens (primary N) is 1. The first-order valence-corrected chi connectivity index (χ1v) is 12.4. The molecule has 0 radical (unpaired) electrons. The van der Waals surface area contributed by atoms with E-state index in [2.05, 4.69) is 25.2 Å². The zero-order valence-corrected chi connectivity index (χ0v) is 19.9. The molecule has 6 rings (SSSR count). The van der Waals surface area contributed by atoms with Crippen LogP contribution < -0.4 is 15.5 Å². The van der Waals surface area contributed by atoms with Crippen LogP contribution >= 0.6 is 0 Å². The molecule has 4 heterocycles. The lowest BCUT2D eigenvalue weighted by atomic mass is 9.93. The van der Waals surface area contributed by atoms with Crippen molar-refractivity contribution in [2.24, 2.45) is 5.41 Å². The second kappa shape index (κ2) is 8.13. The molecule has 0 bridgehead atoms. The van der Waals surface area contributed by atoms with Gasteiger partial charge < -0.3 is 15.5 Å². The van der Waals surface area contributed by atoms with Crippen LogP contribution in [0.5, 0.6) is 0 Å². The fourth-order valence-electron chi connectivity index (χ4n) is 5.24. The number of alkyl halides is 2. The second-order valence-corrected chi connectivity index (χ2v) is 10.3. The minimum absolute atomic E-state index is 0.187. The molecule has 2 aliphatic heterocycles. The van der Waals surface area contributed by atoms with Gasteiger partial charge in [-0.3, -0.25) is 0 Å². The summed E-state index contributed by atoms with van der Waals surface area (Å²) in [7, 11) is 0. The molecule has 1 aromatic carbocycles. The minimum atomic E-state index is -2.61. The van der Waals surface area contributed by atoms with Crippen molar-refractivity contribution in [3.8, 4) is 17.1 Å². The van der Waals surface area contributed by atoms with Gasteiger partial charge in [0.05, 0.1) is 23.3 Å². The summed E-state index contributed by atoms with van der Waals surface area (Å²) >= 11 is 0. The molecule has 0 amide bonds. The number of piperidine rings is 2. The summed E-state index contributed by atoms with van der Waals surface area (Å²) in [4.78, 5) is 13.4. The van der Waals surface area contributed by atoms with E-state index in [1.54, 1.807) is 4.68 Å². The number of hydrogen-bond donors (Lipinski definition) is 1. The summed E-state index contributed by atoms with van der Waals surface area (Å²) in [5.74, 6) is -2.16. The van der Waals surface area contributed by atoms with E-state index in [1.165, 1.54) is 25.7 Å². The summed E-state index contributed by atoms with van der Waals surface area (Å²) in [5, 5.41) is 8.80. The van der Waals surface area contributed by atoms with Gasteiger partial charge in [-0.05, 0) is 62.3 Å². The summed E-state index contributed by atoms with van der Waals surface area (Å²) in [6.07, 6.45) is 6.64. The summed E-state index contributed by atoms with van der Waals surface area (Å²) in [5.41, 5.74) is 11.4. The lowest BCUT2D eigenvalue weighted by Crippen LogP contribution is -2.40. The molecule has 1 saturated carbocycles. The van der Waals surface area contributed by atoms with Gasteiger partial charge >= 0.3 is 0 Å². The van der Waals surface area contributed by atoms with Crippen LogP contribution in [0.1, 0.15) is 44.2 Å². The van der Waals surface area contributed by atoms with E-state index in [-0.39, 0.29) is 25.9 Å². The van der Waals surface area contributed by atoms with E-state index >= 15 is 0 Å². The lowest BCUT2D eigenvalue weighted by molar-refractivity contribution is -0.0222. The largest absolute Gasteiger partial charge is 0.399 e. The predicted molar refractivity (Wildman–Crippen MR) is 131 cm³/mol. The number of halogens is 2. The molecule has 1 spiro atoms. The Morgan fingerprint density at radius 1 is 0.829 bits per heavy atom. The van der Waals surface area contributed by atoms with Gasteiger partial charge in [-0.15, -0.1) is 5.10 Å². The topological polar surface area (TPSA) is 89.0 Å². The zero-order chi connectivity index (χ0) is 24.2. The van der Waals surface area contributed by atoms with Crippen molar-refractivity contribution in [2.75, 3.05) is 41.7 Å². The summed E-state index contributed by atoms with van der Waals surface area (Å²) in [6.45, 7) is 4.37. The van der Waals surface area contributed by atoms with Crippen LogP contribution in [0.2, 0.25) is 0 Å². The molecule has 184 valence electrons. The van der Waals surface area contributed by atoms with E-state index in [1.807, 2.05) is 42.3 Å². The van der Waals surface area contributed by atoms with Gasteiger partial charge in [0.2, 0.25) is 5.95 Å². The van der Waals surface area contributed by atoms with Gasteiger partial charge in [-0.25, -0.2) is 23.4 Å². The van der Waals surface area contributed by atoms with E-state index in [4.69, 9.17) is 5.73 Å². The molecule has 35 heavy (non-hydrogen) atoms. The van der Waals surface area contributed by atoms with Crippen molar-refractivity contribution in [3.05, 3.63) is 36.2 Å². The third-order valence-electron chi connectivity index (χ3n) is 7.74. The quantitative estimate of drug-likeness (QED) is 0.559. The first-order chi connectivity index (χ1) is 16.8. The Morgan fingerprint density at radius 2 is 1.54 bits per heavy atom. The molecule has 2 N–H and O–H groups in total. The average molecular weight is 481 g/mol. The molecule has 0 atom stereocenters. The van der Waals surface area contributed by atoms with Crippen LogP contribution in [0.25, 0.3) is 17.1 Å². The van der Waals surface area contributed by atoms with Gasteiger partial charge in [0.15, 0.2) is 0 Å². The third kappa shape index (κ3) is 4.41. The fourth-order valence-corrected chi connectivity index (χ4v) is 5.24. The van der Waals surface area contributed by atoms with Crippen LogP contribution in [0, 0.1) is 12.3 Å². The number of aromatic nitrogens is 5. The van der Waals surface area contributed by atoms with Crippen molar-refractivity contribution in [3.63, 3.8) is 0 Å². The number of anilines is 3. The van der Waals surface area contributed by atoms with Gasteiger partial charge in [-0.2, -0.15) is 0 Å². The fraction of sp³-hybridized carbons (Fsp3) is 0.520. The molecule has 3 aliphatic rings. The van der Waals surface area contributed by atoms with Crippen molar-refractivity contribution >= 4 is 17.3 Å². The lowest BCUT2D eigenvalue weighted by Gasteiger charge is -2.35. The molecule has 3 fully saturated rings. The minimum Gasteiger partial charge on any atom is -0.399 e. The van der Waals surface area contributed by atoms with Crippen molar-refractivity contribution in [1.82, 2.24) is 25.0 Å². The average Bonchev–Trinajstić information content (AvgIpc) is 3.39. The number of aryl methyl sites for hydroxylation is 1. The van der Waals surface area contributed by atoms with Gasteiger partial charge in [0.1, 0.15) is 5.69 Å². The number of hydrogen-bond acceptors (Lipinski definition) is 7. The van der Waals surface area contributed by atoms with E-state index in [9.17, 15) is 8.78 Å². The number of nitrogens with zero attached hydrogens (tertiary/aromatic N) is 7. The van der Waals surface area contributed by atoms with Crippen LogP contribution in [-0.2, 0) is 0 Å². The normalized spacial score (nSPS) is 20.9. The highest BCUT2D eigenvalue weighted by Crippen LogP contribution is 2.54. The Kier molecular flexibility index (Phi) is 5.16. The maximum atomic E-state index is 13.6. The van der Waals surface area contributed by atoms with Gasteiger partial charge in [0, 0.05) is 50.4 Å². The monoisotopic (exact) mass is 480 g/mol. The second-order valence-electron chi connectivity index (χ2n) is 10.3. The highest BCUT2D eigenvalue weighted by molar-refractivity contribution is 5.69. The molecule has 1 aliphatic carbocycles. The van der Waals surface area contributed by atoms with Crippen molar-refractivity contribution < 1.29 is 8.78 Å².